The van der Waals surface area contributed by atoms with Gasteiger partial charge in [0.2, 0.25) is 0 Å². The first kappa shape index (κ1) is 24.5. The van der Waals surface area contributed by atoms with Crippen LogP contribution in [0.15, 0.2) is 128 Å². The first-order valence-electron chi connectivity index (χ1n) is 14.3. The first-order valence-corrected chi connectivity index (χ1v) is 17.3. The van der Waals surface area contributed by atoms with Gasteiger partial charge in [0.05, 0.1) is 16.6 Å². The minimum Gasteiger partial charge on any atom is -0.309 e. The van der Waals surface area contributed by atoms with Crippen molar-refractivity contribution in [1.82, 2.24) is 9.55 Å². The molecule has 0 fully saturated rings. The van der Waals surface area contributed by atoms with Crippen molar-refractivity contribution in [2.75, 3.05) is 0 Å². The van der Waals surface area contributed by atoms with E-state index in [1.807, 2.05) is 6.07 Å². The third kappa shape index (κ3) is 3.48. The summed E-state index contributed by atoms with van der Waals surface area (Å²) >= 11 is 0. The Hall–Kier alpha value is -5.24. The lowest BCUT2D eigenvalue weighted by Gasteiger charge is -2.20. The SMILES string of the molecule is C[Si]1(C)c2ccccc2-c2ccc3c(c21)c1ccccc1n3-c1cccc(-c2cccc(-c3ccncc3C#N)c2)c1. The minimum absolute atomic E-state index is 0.579. The predicted molar refractivity (Wildman–Crippen MR) is 176 cm³/mol. The van der Waals surface area contributed by atoms with Crippen LogP contribution in [0.2, 0.25) is 13.1 Å². The molecule has 2 aromatic heterocycles. The van der Waals surface area contributed by atoms with Gasteiger partial charge in [-0.1, -0.05) is 92.0 Å². The maximum atomic E-state index is 9.63. The van der Waals surface area contributed by atoms with Gasteiger partial charge in [0, 0.05) is 34.4 Å². The highest BCUT2D eigenvalue weighted by molar-refractivity contribution is 7.05. The number of rotatable bonds is 3. The van der Waals surface area contributed by atoms with Crippen LogP contribution in [-0.2, 0) is 0 Å². The third-order valence-electron chi connectivity index (χ3n) is 8.91. The van der Waals surface area contributed by atoms with E-state index in [9.17, 15) is 5.26 Å². The van der Waals surface area contributed by atoms with Crippen LogP contribution in [0.4, 0.5) is 0 Å². The molecule has 0 unspecified atom stereocenters. The number of pyridine rings is 1. The third-order valence-corrected chi connectivity index (χ3v) is 12.5. The Morgan fingerprint density at radius 3 is 2.31 bits per heavy atom. The van der Waals surface area contributed by atoms with Gasteiger partial charge in [-0.2, -0.15) is 5.26 Å². The molecule has 8 rings (SSSR count). The second-order valence-electron chi connectivity index (χ2n) is 11.6. The number of nitrogens with zero attached hydrogens (tertiary/aromatic N) is 3. The maximum absolute atomic E-state index is 9.63. The second kappa shape index (κ2) is 9.14. The number of fused-ring (bicyclic) bond motifs is 7. The van der Waals surface area contributed by atoms with Gasteiger partial charge in [-0.25, -0.2) is 0 Å². The number of nitriles is 1. The highest BCUT2D eigenvalue weighted by Crippen LogP contribution is 2.39. The van der Waals surface area contributed by atoms with Gasteiger partial charge < -0.3 is 4.57 Å². The van der Waals surface area contributed by atoms with E-state index in [1.54, 1.807) is 17.6 Å². The van der Waals surface area contributed by atoms with Crippen LogP contribution in [0.25, 0.3) is 60.9 Å². The molecule has 1 aliphatic rings. The molecule has 0 aliphatic carbocycles. The van der Waals surface area contributed by atoms with Crippen LogP contribution < -0.4 is 10.4 Å². The van der Waals surface area contributed by atoms with E-state index in [-0.39, 0.29) is 0 Å². The summed E-state index contributed by atoms with van der Waals surface area (Å²) in [6.45, 7) is 4.99. The number of para-hydroxylation sites is 1. The molecule has 5 aromatic carbocycles. The summed E-state index contributed by atoms with van der Waals surface area (Å²) in [4.78, 5) is 4.13. The standard InChI is InChI=1S/C38H27N3Si/c1-42(2)36-16-6-4-13-31(36)32-17-18-35-37(38(32)42)33-14-3-5-15-34(33)41(35)29-12-8-10-26(22-29)25-9-7-11-27(21-25)30-19-20-40-24-28(30)23-39/h3-22,24H,1-2H3. The Morgan fingerprint density at radius 1 is 0.667 bits per heavy atom. The fraction of sp³-hybridized carbons (Fsp3) is 0.0526. The van der Waals surface area contributed by atoms with Crippen LogP contribution in [0.5, 0.6) is 0 Å². The van der Waals surface area contributed by atoms with E-state index in [1.165, 1.54) is 38.1 Å². The lowest BCUT2D eigenvalue weighted by Crippen LogP contribution is -2.49. The van der Waals surface area contributed by atoms with Crippen molar-refractivity contribution in [2.24, 2.45) is 0 Å². The zero-order valence-corrected chi connectivity index (χ0v) is 24.5. The van der Waals surface area contributed by atoms with Crippen LogP contribution in [0, 0.1) is 11.3 Å². The lowest BCUT2D eigenvalue weighted by molar-refractivity contribution is 1.18. The molecule has 1 aliphatic heterocycles. The van der Waals surface area contributed by atoms with E-state index in [4.69, 9.17) is 0 Å². The molecular weight excluding hydrogens is 527 g/mol. The summed E-state index contributed by atoms with van der Waals surface area (Å²) < 4.78 is 2.43. The second-order valence-corrected chi connectivity index (χ2v) is 15.9. The van der Waals surface area contributed by atoms with Gasteiger partial charge >= 0.3 is 0 Å². The molecule has 0 saturated heterocycles. The van der Waals surface area contributed by atoms with Crippen LogP contribution >= 0.6 is 0 Å². The van der Waals surface area contributed by atoms with Gasteiger partial charge in [-0.3, -0.25) is 4.98 Å². The Labute approximate surface area is 246 Å². The molecule has 7 aromatic rings. The van der Waals surface area contributed by atoms with Gasteiger partial charge in [0.15, 0.2) is 0 Å². The molecule has 4 heteroatoms. The van der Waals surface area contributed by atoms with E-state index < -0.39 is 8.07 Å². The van der Waals surface area contributed by atoms with E-state index >= 15 is 0 Å². The van der Waals surface area contributed by atoms with E-state index in [2.05, 4.69) is 138 Å². The van der Waals surface area contributed by atoms with Gasteiger partial charge in [-0.05, 0) is 74.6 Å². The molecule has 0 spiro atoms. The number of aromatic nitrogens is 2. The molecule has 42 heavy (non-hydrogen) atoms. The van der Waals surface area contributed by atoms with E-state index in [0.717, 1.165) is 27.9 Å². The normalized spacial score (nSPS) is 13.2. The molecule has 0 amide bonds. The van der Waals surface area contributed by atoms with Crippen LogP contribution in [0.1, 0.15) is 5.56 Å². The Morgan fingerprint density at radius 2 is 1.43 bits per heavy atom. The fourth-order valence-electron chi connectivity index (χ4n) is 7.04. The van der Waals surface area contributed by atoms with Crippen molar-refractivity contribution >= 4 is 40.3 Å². The number of hydrogen-bond acceptors (Lipinski definition) is 2. The highest BCUT2D eigenvalue weighted by atomic mass is 28.3. The molecule has 0 bridgehead atoms. The first-order chi connectivity index (χ1) is 20.6. The van der Waals surface area contributed by atoms with Crippen molar-refractivity contribution in [3.63, 3.8) is 0 Å². The molecule has 198 valence electrons. The fourth-order valence-corrected chi connectivity index (χ4v) is 10.5. The summed E-state index contributed by atoms with van der Waals surface area (Å²) in [6, 6.07) is 43.9. The molecule has 0 saturated carbocycles. The van der Waals surface area contributed by atoms with Gasteiger partial charge in [-0.15, -0.1) is 0 Å². The van der Waals surface area contributed by atoms with Gasteiger partial charge in [0.1, 0.15) is 14.1 Å². The molecule has 3 nitrogen and oxygen atoms in total. The number of hydrogen-bond donors (Lipinski definition) is 0. The topological polar surface area (TPSA) is 41.6 Å². The maximum Gasteiger partial charge on any atom is 0.114 e. The van der Waals surface area contributed by atoms with Crippen molar-refractivity contribution in [3.8, 4) is 45.1 Å². The summed E-state index contributed by atoms with van der Waals surface area (Å²) in [6.07, 6.45) is 3.37. The molecule has 0 N–H and O–H groups in total. The van der Waals surface area contributed by atoms with Crippen molar-refractivity contribution in [2.45, 2.75) is 13.1 Å². The average molecular weight is 554 g/mol. The Kier molecular flexibility index (Phi) is 5.34. The summed E-state index contributed by atoms with van der Waals surface area (Å²) in [5, 5.41) is 15.4. The van der Waals surface area contributed by atoms with Crippen molar-refractivity contribution < 1.29 is 0 Å². The molecule has 3 heterocycles. The summed E-state index contributed by atoms with van der Waals surface area (Å²) in [7, 11) is -1.90. The predicted octanol–water partition coefficient (Wildman–Crippen LogP) is 8.19. The van der Waals surface area contributed by atoms with E-state index in [0.29, 0.717) is 5.56 Å². The zero-order chi connectivity index (χ0) is 28.4. The lowest BCUT2D eigenvalue weighted by atomic mass is 9.97. The van der Waals surface area contributed by atoms with Gasteiger partial charge in [0.25, 0.3) is 0 Å². The zero-order valence-electron chi connectivity index (χ0n) is 23.5. The quantitative estimate of drug-likeness (QED) is 0.207. The summed E-state index contributed by atoms with van der Waals surface area (Å²) in [5.74, 6) is 0. The smallest absolute Gasteiger partial charge is 0.114 e. The Balaban J connectivity index is 1.34. The summed E-state index contributed by atoms with van der Waals surface area (Å²) in [5.41, 5.74) is 11.2. The van der Waals surface area contributed by atoms with Crippen molar-refractivity contribution in [3.05, 3.63) is 133 Å². The Bertz CT molecular complexity index is 2250. The van der Waals surface area contributed by atoms with Crippen LogP contribution in [0.3, 0.4) is 0 Å². The largest absolute Gasteiger partial charge is 0.309 e. The molecular formula is C38H27N3Si. The monoisotopic (exact) mass is 553 g/mol. The number of benzene rings is 5. The molecule has 0 radical (unpaired) electrons. The minimum atomic E-state index is -1.90. The van der Waals surface area contributed by atoms with Crippen LogP contribution in [-0.4, -0.2) is 17.6 Å². The highest BCUT2D eigenvalue weighted by Gasteiger charge is 2.39. The molecule has 0 atom stereocenters. The van der Waals surface area contributed by atoms with Crippen molar-refractivity contribution in [1.29, 1.82) is 5.26 Å². The average Bonchev–Trinajstić information content (AvgIpc) is 3.50.